The van der Waals surface area contributed by atoms with E-state index in [0.29, 0.717) is 0 Å². The molecule has 270 valence electrons. The van der Waals surface area contributed by atoms with E-state index in [-0.39, 0.29) is 0 Å². The van der Waals surface area contributed by atoms with E-state index >= 15 is 0 Å². The second-order valence-corrected chi connectivity index (χ2v) is 14.9. The molecule has 0 N–H and O–H groups in total. The summed E-state index contributed by atoms with van der Waals surface area (Å²) >= 11 is 0. The van der Waals surface area contributed by atoms with Crippen LogP contribution in [0, 0.1) is 0 Å². The summed E-state index contributed by atoms with van der Waals surface area (Å²) in [6.45, 7) is 0. The monoisotopic (exact) mass is 743 g/mol. The van der Waals surface area contributed by atoms with Gasteiger partial charge in [-0.3, -0.25) is 15.0 Å². The van der Waals surface area contributed by atoms with Crippen molar-refractivity contribution in [2.24, 2.45) is 0 Å². The second-order valence-electron chi connectivity index (χ2n) is 14.9. The van der Waals surface area contributed by atoms with Crippen molar-refractivity contribution in [1.82, 2.24) is 24.1 Å². The molecule has 13 rings (SSSR count). The van der Waals surface area contributed by atoms with Crippen molar-refractivity contribution in [3.8, 4) is 33.6 Å². The van der Waals surface area contributed by atoms with Gasteiger partial charge in [-0.25, -0.2) is 0 Å². The largest absolute Gasteiger partial charge is 0.456 e. The molecule has 0 fully saturated rings. The summed E-state index contributed by atoms with van der Waals surface area (Å²) in [6.07, 6.45) is 7.58. The van der Waals surface area contributed by atoms with E-state index in [2.05, 4.69) is 149 Å². The first-order chi connectivity index (χ1) is 28.7. The Labute approximate surface area is 329 Å². The molecule has 0 aliphatic carbocycles. The Hall–Kier alpha value is -8.03. The van der Waals surface area contributed by atoms with Gasteiger partial charge in [0, 0.05) is 79.6 Å². The van der Waals surface area contributed by atoms with Crippen molar-refractivity contribution in [1.29, 1.82) is 0 Å². The number of fused-ring (bicyclic) bond motifs is 12. The average Bonchev–Trinajstić information content (AvgIpc) is 4.03. The fourth-order valence-corrected chi connectivity index (χ4v) is 9.05. The van der Waals surface area contributed by atoms with Gasteiger partial charge in [-0.15, -0.1) is 0 Å². The van der Waals surface area contributed by atoms with E-state index in [9.17, 15) is 0 Å². The van der Waals surface area contributed by atoms with Gasteiger partial charge < -0.3 is 18.0 Å². The highest BCUT2D eigenvalue weighted by Crippen LogP contribution is 2.39. The number of hydrogen-bond donors (Lipinski definition) is 0. The van der Waals surface area contributed by atoms with E-state index in [1.165, 1.54) is 0 Å². The van der Waals surface area contributed by atoms with Crippen LogP contribution in [-0.2, 0) is 0 Å². The topological polar surface area (TPSA) is 74.8 Å². The molecule has 0 unspecified atom stereocenters. The fraction of sp³-hybridized carbons (Fsp3) is 0. The van der Waals surface area contributed by atoms with Crippen LogP contribution < -0.4 is 0 Å². The van der Waals surface area contributed by atoms with Gasteiger partial charge in [0.15, 0.2) is 0 Å². The Morgan fingerprint density at radius 3 is 1.28 bits per heavy atom. The number of benzene rings is 6. The van der Waals surface area contributed by atoms with E-state index in [1.807, 2.05) is 36.9 Å². The number of pyridine rings is 3. The number of nitrogens with zero attached hydrogens (tertiary/aromatic N) is 5. The SMILES string of the molecule is c1ccc2c(c1)c1ncccc1n2-c1ccc2oc3ccc(-c4cncc(-c5ccc6oc7ccc(-n8c9ccccc9c9ncccc98)cc7c6c5)c4)cc3c2c1. The predicted molar refractivity (Wildman–Crippen MR) is 234 cm³/mol. The summed E-state index contributed by atoms with van der Waals surface area (Å²) in [6, 6.07) is 53.0. The van der Waals surface area contributed by atoms with E-state index in [0.717, 1.165) is 121 Å². The molecule has 0 saturated heterocycles. The van der Waals surface area contributed by atoms with Gasteiger partial charge in [0.1, 0.15) is 22.3 Å². The van der Waals surface area contributed by atoms with Gasteiger partial charge >= 0.3 is 0 Å². The molecule has 6 aromatic carbocycles. The van der Waals surface area contributed by atoms with Crippen molar-refractivity contribution in [3.63, 3.8) is 0 Å². The number of hydrogen-bond acceptors (Lipinski definition) is 5. The third kappa shape index (κ3) is 4.46. The van der Waals surface area contributed by atoms with Crippen LogP contribution >= 0.6 is 0 Å². The van der Waals surface area contributed by atoms with Gasteiger partial charge in [-0.05, 0) is 114 Å². The lowest BCUT2D eigenvalue weighted by atomic mass is 9.99. The minimum absolute atomic E-state index is 0.845. The van der Waals surface area contributed by atoms with Crippen molar-refractivity contribution in [2.45, 2.75) is 0 Å². The van der Waals surface area contributed by atoms with Crippen LogP contribution in [-0.4, -0.2) is 24.1 Å². The van der Waals surface area contributed by atoms with E-state index in [1.54, 1.807) is 0 Å². The molecule has 0 spiro atoms. The first kappa shape index (κ1) is 31.2. The zero-order valence-corrected chi connectivity index (χ0v) is 30.8. The van der Waals surface area contributed by atoms with Crippen molar-refractivity contribution in [2.75, 3.05) is 0 Å². The van der Waals surface area contributed by atoms with Gasteiger partial charge in [0.25, 0.3) is 0 Å². The molecular weight excluding hydrogens is 715 g/mol. The molecule has 58 heavy (non-hydrogen) atoms. The summed E-state index contributed by atoms with van der Waals surface area (Å²) in [5.41, 5.74) is 16.1. The Morgan fingerprint density at radius 2 is 0.776 bits per heavy atom. The summed E-state index contributed by atoms with van der Waals surface area (Å²) in [7, 11) is 0. The molecule has 13 aromatic rings. The standard InChI is InChI=1S/C51H29N5O2/c1-3-9-42-36(7-1)50-44(11-5-21-53-50)55(42)34-15-19-48-40(26-34)38-24-30(13-17-46(38)57-48)32-23-33(29-52-28-32)31-14-18-47-39(25-31)41-27-35(16-20-49(41)58-47)56-43-10-4-2-8-37(43)51-45(56)12-6-22-54-51/h1-29H. The number of aromatic nitrogens is 5. The van der Waals surface area contributed by atoms with Crippen LogP contribution in [0.4, 0.5) is 0 Å². The molecule has 7 aromatic heterocycles. The normalized spacial score (nSPS) is 12.1. The lowest BCUT2D eigenvalue weighted by molar-refractivity contribution is 0.668. The highest BCUT2D eigenvalue weighted by molar-refractivity contribution is 6.11. The molecule has 7 heteroatoms. The van der Waals surface area contributed by atoms with Gasteiger partial charge in [0.05, 0.1) is 33.1 Å². The molecule has 0 aliphatic rings. The Bertz CT molecular complexity index is 3470. The Morgan fingerprint density at radius 1 is 0.345 bits per heavy atom. The summed E-state index contributed by atoms with van der Waals surface area (Å²) in [4.78, 5) is 14.2. The minimum Gasteiger partial charge on any atom is -0.456 e. The van der Waals surface area contributed by atoms with Gasteiger partial charge in [-0.1, -0.05) is 48.5 Å². The van der Waals surface area contributed by atoms with Crippen molar-refractivity contribution in [3.05, 3.63) is 176 Å². The van der Waals surface area contributed by atoms with Crippen molar-refractivity contribution < 1.29 is 8.83 Å². The predicted octanol–water partition coefficient (Wildman–Crippen LogP) is 13.2. The fourth-order valence-electron chi connectivity index (χ4n) is 9.05. The Balaban J connectivity index is 0.909. The highest BCUT2D eigenvalue weighted by atomic mass is 16.3. The van der Waals surface area contributed by atoms with Gasteiger partial charge in [-0.2, -0.15) is 0 Å². The highest BCUT2D eigenvalue weighted by Gasteiger charge is 2.18. The molecule has 0 aliphatic heterocycles. The number of rotatable bonds is 4. The summed E-state index contributed by atoms with van der Waals surface area (Å²) in [5, 5.41) is 6.49. The second kappa shape index (κ2) is 11.7. The Kier molecular flexibility index (Phi) is 6.32. The quantitative estimate of drug-likeness (QED) is 0.179. The molecular formula is C51H29N5O2. The molecule has 0 saturated carbocycles. The van der Waals surface area contributed by atoms with Gasteiger partial charge in [0.2, 0.25) is 0 Å². The lowest BCUT2D eigenvalue weighted by Gasteiger charge is -2.08. The molecule has 0 radical (unpaired) electrons. The summed E-state index contributed by atoms with van der Waals surface area (Å²) < 4.78 is 17.3. The average molecular weight is 744 g/mol. The first-order valence-corrected chi connectivity index (χ1v) is 19.3. The van der Waals surface area contributed by atoms with Crippen LogP contribution in [0.15, 0.2) is 185 Å². The van der Waals surface area contributed by atoms with Crippen molar-refractivity contribution >= 4 is 87.7 Å². The van der Waals surface area contributed by atoms with Crippen LogP contribution in [0.1, 0.15) is 0 Å². The minimum atomic E-state index is 0.845. The third-order valence-corrected chi connectivity index (χ3v) is 11.7. The third-order valence-electron chi connectivity index (χ3n) is 11.7. The molecule has 0 bridgehead atoms. The number of para-hydroxylation sites is 2. The first-order valence-electron chi connectivity index (χ1n) is 19.3. The van der Waals surface area contributed by atoms with Crippen LogP contribution in [0.5, 0.6) is 0 Å². The zero-order chi connectivity index (χ0) is 37.9. The zero-order valence-electron chi connectivity index (χ0n) is 30.8. The van der Waals surface area contributed by atoms with E-state index in [4.69, 9.17) is 23.8 Å². The van der Waals surface area contributed by atoms with E-state index < -0.39 is 0 Å². The van der Waals surface area contributed by atoms with Crippen LogP contribution in [0.3, 0.4) is 0 Å². The molecule has 0 atom stereocenters. The summed E-state index contributed by atoms with van der Waals surface area (Å²) in [5.74, 6) is 0. The maximum Gasteiger partial charge on any atom is 0.135 e. The maximum atomic E-state index is 6.38. The molecule has 7 heterocycles. The maximum absolute atomic E-state index is 6.38. The van der Waals surface area contributed by atoms with Crippen LogP contribution in [0.2, 0.25) is 0 Å². The molecule has 7 nitrogen and oxygen atoms in total. The smallest absolute Gasteiger partial charge is 0.135 e. The molecule has 0 amide bonds. The lowest BCUT2D eigenvalue weighted by Crippen LogP contribution is -1.93. The number of furan rings is 2. The van der Waals surface area contributed by atoms with Crippen LogP contribution in [0.25, 0.3) is 121 Å².